The molecule has 0 rings (SSSR count). The number of thioether (sulfide) groups is 1. The molecule has 0 saturated heterocycles. The van der Waals surface area contributed by atoms with E-state index in [1.807, 2.05) is 6.26 Å². The van der Waals surface area contributed by atoms with Gasteiger partial charge in [0.15, 0.2) is 0 Å². The number of carboxylic acids is 2. The molecule has 0 aliphatic carbocycles. The van der Waals surface area contributed by atoms with Crippen LogP contribution in [-0.4, -0.2) is 82.6 Å². The first-order chi connectivity index (χ1) is 15.4. The Morgan fingerprint density at radius 2 is 1.48 bits per heavy atom. The molecule has 190 valence electrons. The maximum absolute atomic E-state index is 12.9. The molecule has 0 aromatic rings. The SMILES string of the molecule is CSCCC(N)C(=O)NC(C(=O)NC(CCCCN)C(=O)NC(CC(=O)O)C(=O)O)C(C)C. The monoisotopic (exact) mass is 491 g/mol. The van der Waals surface area contributed by atoms with Crippen molar-refractivity contribution in [2.45, 2.75) is 70.1 Å². The lowest BCUT2D eigenvalue weighted by molar-refractivity contribution is -0.147. The lowest BCUT2D eigenvalue weighted by Crippen LogP contribution is -2.58. The largest absolute Gasteiger partial charge is 0.481 e. The van der Waals surface area contributed by atoms with E-state index in [2.05, 4.69) is 16.0 Å². The number of aliphatic carboxylic acids is 2. The van der Waals surface area contributed by atoms with E-state index in [9.17, 15) is 29.1 Å². The summed E-state index contributed by atoms with van der Waals surface area (Å²) in [6.45, 7) is 3.79. The first kappa shape index (κ1) is 30.6. The summed E-state index contributed by atoms with van der Waals surface area (Å²) in [4.78, 5) is 60.2. The fraction of sp³-hybridized carbons (Fsp3) is 0.750. The summed E-state index contributed by atoms with van der Waals surface area (Å²) in [6.07, 6.45) is 2.68. The highest BCUT2D eigenvalue weighted by molar-refractivity contribution is 7.98. The Bertz CT molecular complexity index is 677. The van der Waals surface area contributed by atoms with Gasteiger partial charge in [-0.05, 0) is 50.2 Å². The molecule has 0 heterocycles. The normalized spacial score (nSPS) is 14.6. The highest BCUT2D eigenvalue weighted by Crippen LogP contribution is 2.08. The van der Waals surface area contributed by atoms with E-state index >= 15 is 0 Å². The van der Waals surface area contributed by atoms with Crippen molar-refractivity contribution >= 4 is 41.4 Å². The molecule has 0 saturated carbocycles. The van der Waals surface area contributed by atoms with Crippen LogP contribution in [0.5, 0.6) is 0 Å². The van der Waals surface area contributed by atoms with Gasteiger partial charge in [0, 0.05) is 0 Å². The second kappa shape index (κ2) is 16.3. The molecule has 9 N–H and O–H groups in total. The van der Waals surface area contributed by atoms with Crippen molar-refractivity contribution in [3.05, 3.63) is 0 Å². The van der Waals surface area contributed by atoms with E-state index in [4.69, 9.17) is 16.6 Å². The summed E-state index contributed by atoms with van der Waals surface area (Å²) < 4.78 is 0. The Hall–Kier alpha value is -2.38. The Morgan fingerprint density at radius 1 is 0.879 bits per heavy atom. The molecule has 0 aromatic heterocycles. The van der Waals surface area contributed by atoms with Gasteiger partial charge in [0.1, 0.15) is 18.1 Å². The van der Waals surface area contributed by atoms with Crippen molar-refractivity contribution < 1.29 is 34.2 Å². The Kier molecular flexibility index (Phi) is 15.1. The van der Waals surface area contributed by atoms with Crippen molar-refractivity contribution in [2.75, 3.05) is 18.6 Å². The maximum atomic E-state index is 12.9. The fourth-order valence-electron chi connectivity index (χ4n) is 2.84. The number of nitrogens with two attached hydrogens (primary N) is 2. The van der Waals surface area contributed by atoms with E-state index in [0.29, 0.717) is 31.6 Å². The summed E-state index contributed by atoms with van der Waals surface area (Å²) in [5, 5.41) is 25.4. The van der Waals surface area contributed by atoms with Gasteiger partial charge in [-0.2, -0.15) is 11.8 Å². The third-order valence-electron chi connectivity index (χ3n) is 4.79. The van der Waals surface area contributed by atoms with Crippen LogP contribution in [0.1, 0.15) is 46.0 Å². The topological polar surface area (TPSA) is 214 Å². The van der Waals surface area contributed by atoms with Crippen molar-refractivity contribution in [1.29, 1.82) is 0 Å². The van der Waals surface area contributed by atoms with Crippen LogP contribution in [0.25, 0.3) is 0 Å². The number of carbonyl (C=O) groups excluding carboxylic acids is 3. The molecule has 3 amide bonds. The molecule has 0 spiro atoms. The molecule has 33 heavy (non-hydrogen) atoms. The summed E-state index contributed by atoms with van der Waals surface area (Å²) >= 11 is 1.54. The van der Waals surface area contributed by atoms with Crippen molar-refractivity contribution in [2.24, 2.45) is 17.4 Å². The highest BCUT2D eigenvalue weighted by atomic mass is 32.2. The van der Waals surface area contributed by atoms with E-state index in [-0.39, 0.29) is 12.3 Å². The van der Waals surface area contributed by atoms with Gasteiger partial charge >= 0.3 is 11.9 Å². The number of rotatable bonds is 17. The van der Waals surface area contributed by atoms with Gasteiger partial charge in [-0.25, -0.2) is 4.79 Å². The Morgan fingerprint density at radius 3 is 1.97 bits per heavy atom. The quantitative estimate of drug-likeness (QED) is 0.121. The van der Waals surface area contributed by atoms with E-state index in [1.54, 1.807) is 13.8 Å². The molecule has 0 aliphatic heterocycles. The van der Waals surface area contributed by atoms with Gasteiger partial charge in [0.25, 0.3) is 0 Å². The van der Waals surface area contributed by atoms with E-state index in [0.717, 1.165) is 0 Å². The third kappa shape index (κ3) is 12.4. The molecule has 0 bridgehead atoms. The van der Waals surface area contributed by atoms with Crippen LogP contribution in [0.15, 0.2) is 0 Å². The third-order valence-corrected chi connectivity index (χ3v) is 5.43. The lowest BCUT2D eigenvalue weighted by Gasteiger charge is -2.27. The average Bonchev–Trinajstić information content (AvgIpc) is 2.73. The molecule has 13 heteroatoms. The molecule has 0 aliphatic rings. The standard InChI is InChI=1S/C20H37N5O7S/c1-11(2)16(25-17(28)12(22)7-9-33-3)19(30)23-13(6-4-5-8-21)18(29)24-14(20(31)32)10-15(26)27/h11-14,16H,4-10,21-22H2,1-3H3,(H,23,30)(H,24,29)(H,25,28)(H,26,27)(H,31,32). The number of hydrogen-bond donors (Lipinski definition) is 7. The second-order valence-electron chi connectivity index (χ2n) is 7.96. The minimum absolute atomic E-state index is 0.153. The van der Waals surface area contributed by atoms with Crippen molar-refractivity contribution in [3.8, 4) is 0 Å². The van der Waals surface area contributed by atoms with Gasteiger partial charge in [0.2, 0.25) is 17.7 Å². The summed E-state index contributed by atoms with van der Waals surface area (Å²) in [6, 6.07) is -4.55. The number of amides is 3. The molecular weight excluding hydrogens is 454 g/mol. The maximum Gasteiger partial charge on any atom is 0.326 e. The number of hydrogen-bond acceptors (Lipinski definition) is 8. The van der Waals surface area contributed by atoms with Crippen LogP contribution >= 0.6 is 11.8 Å². The molecule has 12 nitrogen and oxygen atoms in total. The molecule has 4 unspecified atom stereocenters. The molecule has 0 aromatic carbocycles. The lowest BCUT2D eigenvalue weighted by atomic mass is 10.0. The zero-order valence-electron chi connectivity index (χ0n) is 19.3. The van der Waals surface area contributed by atoms with Crippen LogP contribution in [0.3, 0.4) is 0 Å². The number of carboxylic acid groups (broad SMARTS) is 2. The van der Waals surface area contributed by atoms with Crippen LogP contribution < -0.4 is 27.4 Å². The minimum atomic E-state index is -1.65. The number of nitrogens with one attached hydrogen (secondary N) is 3. The average molecular weight is 492 g/mol. The number of carbonyl (C=O) groups is 5. The van der Waals surface area contributed by atoms with Crippen molar-refractivity contribution in [3.63, 3.8) is 0 Å². The molecule has 0 radical (unpaired) electrons. The fourth-order valence-corrected chi connectivity index (χ4v) is 3.33. The first-order valence-electron chi connectivity index (χ1n) is 10.7. The predicted molar refractivity (Wildman–Crippen MR) is 124 cm³/mol. The highest BCUT2D eigenvalue weighted by Gasteiger charge is 2.32. The predicted octanol–water partition coefficient (Wildman–Crippen LogP) is -1.13. The number of unbranched alkanes of at least 4 members (excludes halogenated alkanes) is 1. The van der Waals surface area contributed by atoms with Crippen LogP contribution in [0, 0.1) is 5.92 Å². The van der Waals surface area contributed by atoms with E-state index in [1.165, 1.54) is 11.8 Å². The van der Waals surface area contributed by atoms with Gasteiger partial charge in [0.05, 0.1) is 12.5 Å². The Balaban J connectivity index is 5.41. The van der Waals surface area contributed by atoms with Gasteiger partial charge < -0.3 is 37.6 Å². The molecule has 0 fully saturated rings. The van der Waals surface area contributed by atoms with E-state index < -0.39 is 60.2 Å². The Labute approximate surface area is 198 Å². The summed E-state index contributed by atoms with van der Waals surface area (Å²) in [5.74, 6) is -4.51. The zero-order chi connectivity index (χ0) is 25.6. The zero-order valence-corrected chi connectivity index (χ0v) is 20.2. The van der Waals surface area contributed by atoms with Gasteiger partial charge in [-0.3, -0.25) is 19.2 Å². The summed E-state index contributed by atoms with van der Waals surface area (Å²) in [5.41, 5.74) is 11.4. The van der Waals surface area contributed by atoms with Crippen LogP contribution in [0.2, 0.25) is 0 Å². The van der Waals surface area contributed by atoms with Gasteiger partial charge in [-0.15, -0.1) is 0 Å². The van der Waals surface area contributed by atoms with Crippen LogP contribution in [0.4, 0.5) is 0 Å². The minimum Gasteiger partial charge on any atom is -0.481 e. The second-order valence-corrected chi connectivity index (χ2v) is 8.95. The summed E-state index contributed by atoms with van der Waals surface area (Å²) in [7, 11) is 0. The molecule has 4 atom stereocenters. The van der Waals surface area contributed by atoms with Gasteiger partial charge in [-0.1, -0.05) is 13.8 Å². The smallest absolute Gasteiger partial charge is 0.326 e. The molecular formula is C20H37N5O7S. The first-order valence-corrected chi connectivity index (χ1v) is 12.1. The van der Waals surface area contributed by atoms with Crippen molar-refractivity contribution in [1.82, 2.24) is 16.0 Å². The van der Waals surface area contributed by atoms with Crippen LogP contribution in [-0.2, 0) is 24.0 Å².